The lowest BCUT2D eigenvalue weighted by atomic mass is 9.79. The summed E-state index contributed by atoms with van der Waals surface area (Å²) in [7, 11) is 0. The van der Waals surface area contributed by atoms with Gasteiger partial charge >= 0.3 is 0 Å². The molecule has 2 heteroatoms. The van der Waals surface area contributed by atoms with E-state index in [-0.39, 0.29) is 0 Å². The maximum Gasteiger partial charge on any atom is 0.0774 e. The third-order valence-electron chi connectivity index (χ3n) is 5.10. The van der Waals surface area contributed by atoms with Crippen molar-refractivity contribution in [1.29, 1.82) is 0 Å². The highest BCUT2D eigenvalue weighted by Gasteiger charge is 2.31. The van der Waals surface area contributed by atoms with Crippen LogP contribution in [0.2, 0.25) is 0 Å². The van der Waals surface area contributed by atoms with E-state index in [0.717, 1.165) is 12.5 Å². The Hall–Kier alpha value is -0.860. The summed E-state index contributed by atoms with van der Waals surface area (Å²) in [6.07, 6.45) is 8.42. The van der Waals surface area contributed by atoms with Gasteiger partial charge in [0.1, 0.15) is 0 Å². The molecule has 1 saturated carbocycles. The van der Waals surface area contributed by atoms with E-state index in [1.165, 1.54) is 49.7 Å². The molecule has 1 heterocycles. The third kappa shape index (κ3) is 3.49. The molecule has 1 saturated heterocycles. The Labute approximate surface area is 129 Å². The van der Waals surface area contributed by atoms with Crippen molar-refractivity contribution in [3.05, 3.63) is 35.4 Å². The van der Waals surface area contributed by atoms with Crippen LogP contribution in [0.5, 0.6) is 0 Å². The molecule has 2 nitrogen and oxygen atoms in total. The third-order valence-corrected chi connectivity index (χ3v) is 5.10. The van der Waals surface area contributed by atoms with Gasteiger partial charge in [0.05, 0.1) is 18.2 Å². The first-order valence-corrected chi connectivity index (χ1v) is 8.76. The summed E-state index contributed by atoms with van der Waals surface area (Å²) in [4.78, 5) is 0. The molecule has 3 unspecified atom stereocenters. The Kier molecular flexibility index (Phi) is 4.97. The van der Waals surface area contributed by atoms with Crippen molar-refractivity contribution in [3.63, 3.8) is 0 Å². The Bertz CT molecular complexity index is 455. The highest BCUT2D eigenvalue weighted by atomic mass is 16.5. The lowest BCUT2D eigenvalue weighted by Gasteiger charge is -2.29. The fourth-order valence-corrected chi connectivity index (χ4v) is 3.59. The van der Waals surface area contributed by atoms with E-state index < -0.39 is 0 Å². The number of hydrogen-bond acceptors (Lipinski definition) is 2. The van der Waals surface area contributed by atoms with Crippen LogP contribution in [0.15, 0.2) is 24.3 Å². The quantitative estimate of drug-likeness (QED) is 0.828. The minimum absolute atomic E-state index is 0.336. The largest absolute Gasteiger partial charge is 0.373 e. The number of nitrogens with one attached hydrogen (secondary N) is 1. The highest BCUT2D eigenvalue weighted by Crippen LogP contribution is 2.38. The highest BCUT2D eigenvalue weighted by molar-refractivity contribution is 5.30. The molecular formula is C19H29NO. The number of hydrogen-bond donors (Lipinski definition) is 1. The molecule has 1 N–H and O–H groups in total. The average molecular weight is 287 g/mol. The molecule has 3 atom stereocenters. The van der Waals surface area contributed by atoms with E-state index in [1.807, 2.05) is 0 Å². The summed E-state index contributed by atoms with van der Waals surface area (Å²) in [5.41, 5.74) is 2.96. The minimum Gasteiger partial charge on any atom is -0.373 e. The fourth-order valence-electron chi connectivity index (χ4n) is 3.59. The molecule has 1 aromatic carbocycles. The monoisotopic (exact) mass is 287 g/mol. The zero-order valence-corrected chi connectivity index (χ0v) is 13.5. The van der Waals surface area contributed by atoms with Crippen molar-refractivity contribution in [2.75, 3.05) is 6.54 Å². The first-order valence-electron chi connectivity index (χ1n) is 8.76. The van der Waals surface area contributed by atoms with Gasteiger partial charge in [0, 0.05) is 0 Å². The summed E-state index contributed by atoms with van der Waals surface area (Å²) in [6, 6.07) is 9.62. The predicted molar refractivity (Wildman–Crippen MR) is 87.6 cm³/mol. The van der Waals surface area contributed by atoms with Crippen molar-refractivity contribution >= 4 is 0 Å². The van der Waals surface area contributed by atoms with Gasteiger partial charge in [0.15, 0.2) is 0 Å². The van der Waals surface area contributed by atoms with Crippen LogP contribution in [0, 0.1) is 0 Å². The van der Waals surface area contributed by atoms with Gasteiger partial charge in [-0.1, -0.05) is 37.6 Å². The molecule has 21 heavy (non-hydrogen) atoms. The number of rotatable bonds is 6. The summed E-state index contributed by atoms with van der Waals surface area (Å²) >= 11 is 0. The van der Waals surface area contributed by atoms with E-state index in [2.05, 4.69) is 43.4 Å². The van der Waals surface area contributed by atoms with Gasteiger partial charge < -0.3 is 10.1 Å². The second-order valence-electron chi connectivity index (χ2n) is 6.79. The second kappa shape index (κ2) is 6.93. The Balaban J connectivity index is 1.77. The molecule has 1 aliphatic heterocycles. The summed E-state index contributed by atoms with van der Waals surface area (Å²) < 4.78 is 6.15. The topological polar surface area (TPSA) is 21.3 Å². The number of benzene rings is 1. The Morgan fingerprint density at radius 2 is 2.10 bits per heavy atom. The van der Waals surface area contributed by atoms with E-state index in [9.17, 15) is 0 Å². The van der Waals surface area contributed by atoms with Crippen LogP contribution < -0.4 is 5.32 Å². The molecule has 0 spiro atoms. The van der Waals surface area contributed by atoms with Crippen molar-refractivity contribution in [2.24, 2.45) is 0 Å². The van der Waals surface area contributed by atoms with Gasteiger partial charge in [-0.05, 0) is 62.6 Å². The van der Waals surface area contributed by atoms with Gasteiger partial charge in [0.2, 0.25) is 0 Å². The average Bonchev–Trinajstić information content (AvgIpc) is 2.84. The fraction of sp³-hybridized carbons (Fsp3) is 0.684. The smallest absolute Gasteiger partial charge is 0.0774 e. The number of ether oxygens (including phenoxy) is 1. The summed E-state index contributed by atoms with van der Waals surface area (Å²) in [5.74, 6) is 0.806. The van der Waals surface area contributed by atoms with Crippen LogP contribution in [0.25, 0.3) is 0 Å². The molecule has 1 aromatic rings. The minimum atomic E-state index is 0.336. The molecule has 1 aliphatic carbocycles. The van der Waals surface area contributed by atoms with Crippen LogP contribution in [-0.4, -0.2) is 18.8 Å². The van der Waals surface area contributed by atoms with Crippen molar-refractivity contribution in [1.82, 2.24) is 5.32 Å². The predicted octanol–water partition coefficient (Wildman–Crippen LogP) is 4.56. The zero-order chi connectivity index (χ0) is 14.7. The molecule has 0 radical (unpaired) electrons. The van der Waals surface area contributed by atoms with Gasteiger partial charge in [-0.25, -0.2) is 0 Å². The first kappa shape index (κ1) is 15.1. The maximum atomic E-state index is 6.15. The molecule has 2 fully saturated rings. The van der Waals surface area contributed by atoms with E-state index >= 15 is 0 Å². The van der Waals surface area contributed by atoms with E-state index in [1.54, 1.807) is 0 Å². The van der Waals surface area contributed by atoms with Crippen LogP contribution in [0.4, 0.5) is 0 Å². The van der Waals surface area contributed by atoms with E-state index in [4.69, 9.17) is 4.74 Å². The van der Waals surface area contributed by atoms with Gasteiger partial charge in [-0.3, -0.25) is 0 Å². The van der Waals surface area contributed by atoms with Crippen LogP contribution >= 0.6 is 0 Å². The van der Waals surface area contributed by atoms with Crippen molar-refractivity contribution in [3.8, 4) is 0 Å². The first-order chi connectivity index (χ1) is 10.3. The van der Waals surface area contributed by atoms with Crippen LogP contribution in [-0.2, 0) is 4.74 Å². The lowest BCUT2D eigenvalue weighted by Crippen LogP contribution is -2.32. The van der Waals surface area contributed by atoms with E-state index in [0.29, 0.717) is 18.2 Å². The normalized spacial score (nSPS) is 27.5. The van der Waals surface area contributed by atoms with Gasteiger partial charge in [0.25, 0.3) is 0 Å². The van der Waals surface area contributed by atoms with Crippen molar-refractivity contribution < 1.29 is 4.74 Å². The molecule has 0 aromatic heterocycles. The van der Waals surface area contributed by atoms with Gasteiger partial charge in [-0.15, -0.1) is 0 Å². The standard InChI is InChI=1S/C19H29NO/c1-3-12-20-19(18-11-10-14(2)21-18)17-9-5-8-16(13-17)15-6-4-7-15/h5,8-9,13-15,18-20H,3-4,6-7,10-12H2,1-2H3. The Morgan fingerprint density at radius 1 is 1.24 bits per heavy atom. The lowest BCUT2D eigenvalue weighted by molar-refractivity contribution is 0.0316. The molecule has 0 bridgehead atoms. The summed E-state index contributed by atoms with van der Waals surface area (Å²) in [6.45, 7) is 5.49. The summed E-state index contributed by atoms with van der Waals surface area (Å²) in [5, 5.41) is 3.73. The Morgan fingerprint density at radius 3 is 2.71 bits per heavy atom. The molecular weight excluding hydrogens is 258 g/mol. The molecule has 2 aliphatic rings. The molecule has 116 valence electrons. The molecule has 0 amide bonds. The zero-order valence-electron chi connectivity index (χ0n) is 13.5. The van der Waals surface area contributed by atoms with Crippen molar-refractivity contribution in [2.45, 2.75) is 76.5 Å². The van der Waals surface area contributed by atoms with Crippen LogP contribution in [0.3, 0.4) is 0 Å². The van der Waals surface area contributed by atoms with Gasteiger partial charge in [-0.2, -0.15) is 0 Å². The maximum absolute atomic E-state index is 6.15. The van der Waals surface area contributed by atoms with Crippen LogP contribution in [0.1, 0.15) is 75.5 Å². The second-order valence-corrected chi connectivity index (χ2v) is 6.79. The SMILES string of the molecule is CCCNC(c1cccc(C2CCC2)c1)C1CCC(C)O1. The molecule has 3 rings (SSSR count).